The third kappa shape index (κ3) is 2.72. The Labute approximate surface area is 96.0 Å². The minimum atomic E-state index is -0.821. The number of aliphatic hydroxyl groups excluding tert-OH is 1. The molecule has 1 aliphatic rings. The lowest BCUT2D eigenvalue weighted by Gasteiger charge is -2.35. The Morgan fingerprint density at radius 2 is 2.12 bits per heavy atom. The van der Waals surface area contributed by atoms with Crippen LogP contribution in [0, 0.1) is 5.92 Å². The minimum absolute atomic E-state index is 0.0569. The lowest BCUT2D eigenvalue weighted by Crippen LogP contribution is -2.50. The molecule has 0 bridgehead atoms. The third-order valence-corrected chi connectivity index (χ3v) is 3.38. The predicted octanol–water partition coefficient (Wildman–Crippen LogP) is 0.177. The summed E-state index contributed by atoms with van der Waals surface area (Å²) < 4.78 is 5.24. The molecule has 4 atom stereocenters. The molecule has 1 aliphatic heterocycles. The topological polar surface area (TPSA) is 70.0 Å². The van der Waals surface area contributed by atoms with Gasteiger partial charge in [0.2, 0.25) is 0 Å². The van der Waals surface area contributed by atoms with Gasteiger partial charge in [0.05, 0.1) is 25.2 Å². The SMILES string of the molecule is CCN(C(C)C(C)O)C1COCC1C(=O)O. The lowest BCUT2D eigenvalue weighted by atomic mass is 9.99. The molecule has 2 N–H and O–H groups in total. The average Bonchev–Trinajstić information content (AvgIpc) is 2.67. The normalized spacial score (nSPS) is 29.3. The van der Waals surface area contributed by atoms with Gasteiger partial charge in [-0.25, -0.2) is 0 Å². The number of carboxylic acids is 1. The Morgan fingerprint density at radius 3 is 2.56 bits per heavy atom. The van der Waals surface area contributed by atoms with Crippen LogP contribution in [0.1, 0.15) is 20.8 Å². The Hall–Kier alpha value is -0.650. The molecule has 16 heavy (non-hydrogen) atoms. The van der Waals surface area contributed by atoms with E-state index in [1.807, 2.05) is 18.7 Å². The van der Waals surface area contributed by atoms with Gasteiger partial charge in [-0.2, -0.15) is 0 Å². The molecule has 1 rings (SSSR count). The molecule has 5 heteroatoms. The van der Waals surface area contributed by atoms with Gasteiger partial charge in [-0.3, -0.25) is 9.69 Å². The quantitative estimate of drug-likeness (QED) is 0.706. The first kappa shape index (κ1) is 13.4. The Kier molecular flexibility index (Phi) is 4.70. The average molecular weight is 231 g/mol. The van der Waals surface area contributed by atoms with E-state index >= 15 is 0 Å². The van der Waals surface area contributed by atoms with E-state index in [9.17, 15) is 9.90 Å². The van der Waals surface area contributed by atoms with Crippen molar-refractivity contribution in [2.24, 2.45) is 5.92 Å². The van der Waals surface area contributed by atoms with Gasteiger partial charge in [-0.1, -0.05) is 6.92 Å². The molecule has 1 heterocycles. The van der Waals surface area contributed by atoms with Crippen LogP contribution in [0.3, 0.4) is 0 Å². The Balaban J connectivity index is 2.75. The summed E-state index contributed by atoms with van der Waals surface area (Å²) >= 11 is 0. The minimum Gasteiger partial charge on any atom is -0.481 e. The molecule has 0 aromatic carbocycles. The summed E-state index contributed by atoms with van der Waals surface area (Å²) in [5.74, 6) is -1.31. The van der Waals surface area contributed by atoms with Crippen LogP contribution < -0.4 is 0 Å². The summed E-state index contributed by atoms with van der Waals surface area (Å²) in [6, 6.07) is -0.189. The zero-order chi connectivity index (χ0) is 12.3. The second-order valence-corrected chi connectivity index (χ2v) is 4.36. The van der Waals surface area contributed by atoms with Gasteiger partial charge in [-0.15, -0.1) is 0 Å². The van der Waals surface area contributed by atoms with Crippen LogP contribution in [0.2, 0.25) is 0 Å². The van der Waals surface area contributed by atoms with Gasteiger partial charge in [0.1, 0.15) is 0 Å². The summed E-state index contributed by atoms with van der Waals surface area (Å²) in [5.41, 5.74) is 0. The molecule has 0 aliphatic carbocycles. The maximum Gasteiger partial charge on any atom is 0.310 e. The van der Waals surface area contributed by atoms with E-state index in [4.69, 9.17) is 9.84 Å². The second-order valence-electron chi connectivity index (χ2n) is 4.36. The monoisotopic (exact) mass is 231 g/mol. The largest absolute Gasteiger partial charge is 0.481 e. The van der Waals surface area contributed by atoms with E-state index in [2.05, 4.69) is 0 Å². The van der Waals surface area contributed by atoms with Crippen LogP contribution in [0.15, 0.2) is 0 Å². The number of carboxylic acid groups (broad SMARTS) is 1. The van der Waals surface area contributed by atoms with E-state index in [1.165, 1.54) is 0 Å². The van der Waals surface area contributed by atoms with Gasteiger partial charge < -0.3 is 14.9 Å². The van der Waals surface area contributed by atoms with Crippen molar-refractivity contribution in [2.45, 2.75) is 39.0 Å². The molecular weight excluding hydrogens is 210 g/mol. The van der Waals surface area contributed by atoms with E-state index in [0.29, 0.717) is 13.2 Å². The van der Waals surface area contributed by atoms with Crippen molar-refractivity contribution in [3.63, 3.8) is 0 Å². The van der Waals surface area contributed by atoms with E-state index in [0.717, 1.165) is 0 Å². The van der Waals surface area contributed by atoms with E-state index in [-0.39, 0.29) is 18.7 Å². The first-order valence-electron chi connectivity index (χ1n) is 5.73. The molecule has 0 aromatic rings. The van der Waals surface area contributed by atoms with Crippen molar-refractivity contribution in [2.75, 3.05) is 19.8 Å². The zero-order valence-corrected chi connectivity index (χ0v) is 10.1. The fraction of sp³-hybridized carbons (Fsp3) is 0.909. The van der Waals surface area contributed by atoms with Crippen LogP contribution in [0.5, 0.6) is 0 Å². The molecule has 0 spiro atoms. The van der Waals surface area contributed by atoms with Crippen molar-refractivity contribution >= 4 is 5.97 Å². The highest BCUT2D eigenvalue weighted by atomic mass is 16.5. The molecular formula is C11H21NO4. The molecule has 0 aromatic heterocycles. The maximum atomic E-state index is 11.1. The molecule has 0 radical (unpaired) electrons. The highest BCUT2D eigenvalue weighted by Crippen LogP contribution is 2.22. The standard InChI is InChI=1S/C11H21NO4/c1-4-12(7(2)8(3)13)10-6-16-5-9(10)11(14)15/h7-10,13H,4-6H2,1-3H3,(H,14,15). The number of aliphatic carboxylic acids is 1. The van der Waals surface area contributed by atoms with Crippen molar-refractivity contribution in [1.29, 1.82) is 0 Å². The summed E-state index contributed by atoms with van der Waals surface area (Å²) in [6.07, 6.45) is -0.477. The van der Waals surface area contributed by atoms with Crippen LogP contribution in [-0.4, -0.2) is 59.0 Å². The first-order chi connectivity index (χ1) is 7.49. The van der Waals surface area contributed by atoms with Crippen LogP contribution in [0.4, 0.5) is 0 Å². The van der Waals surface area contributed by atoms with Gasteiger partial charge >= 0.3 is 5.97 Å². The van der Waals surface area contributed by atoms with Gasteiger partial charge in [-0.05, 0) is 20.4 Å². The van der Waals surface area contributed by atoms with Gasteiger partial charge in [0, 0.05) is 12.1 Å². The van der Waals surface area contributed by atoms with Crippen molar-refractivity contribution in [3.8, 4) is 0 Å². The molecule has 94 valence electrons. The smallest absolute Gasteiger partial charge is 0.310 e. The van der Waals surface area contributed by atoms with Gasteiger partial charge in [0.15, 0.2) is 0 Å². The molecule has 0 amide bonds. The van der Waals surface area contributed by atoms with Crippen LogP contribution in [-0.2, 0) is 9.53 Å². The summed E-state index contributed by atoms with van der Waals surface area (Å²) in [7, 11) is 0. The number of carbonyl (C=O) groups is 1. The fourth-order valence-electron chi connectivity index (χ4n) is 2.21. The zero-order valence-electron chi connectivity index (χ0n) is 10.1. The number of rotatable bonds is 5. The van der Waals surface area contributed by atoms with Crippen molar-refractivity contribution < 1.29 is 19.7 Å². The Morgan fingerprint density at radius 1 is 1.50 bits per heavy atom. The first-order valence-corrected chi connectivity index (χ1v) is 5.73. The summed E-state index contributed by atoms with van der Waals surface area (Å²) in [6.45, 7) is 7.01. The van der Waals surface area contributed by atoms with E-state index in [1.54, 1.807) is 6.92 Å². The second kappa shape index (κ2) is 5.61. The van der Waals surface area contributed by atoms with Gasteiger partial charge in [0.25, 0.3) is 0 Å². The third-order valence-electron chi connectivity index (χ3n) is 3.38. The molecule has 1 saturated heterocycles. The highest BCUT2D eigenvalue weighted by molar-refractivity contribution is 5.71. The maximum absolute atomic E-state index is 11.1. The van der Waals surface area contributed by atoms with E-state index < -0.39 is 18.0 Å². The lowest BCUT2D eigenvalue weighted by molar-refractivity contribution is -0.143. The molecule has 1 fully saturated rings. The number of nitrogens with zero attached hydrogens (tertiary/aromatic N) is 1. The number of aliphatic hydroxyl groups is 1. The predicted molar refractivity (Wildman–Crippen MR) is 59.3 cm³/mol. The summed E-state index contributed by atoms with van der Waals surface area (Å²) in [5, 5.41) is 18.7. The fourth-order valence-corrected chi connectivity index (χ4v) is 2.21. The molecule has 4 unspecified atom stereocenters. The molecule has 5 nitrogen and oxygen atoms in total. The van der Waals surface area contributed by atoms with Crippen LogP contribution >= 0.6 is 0 Å². The number of likely N-dealkylation sites (N-methyl/N-ethyl adjacent to an activating group) is 1. The molecule has 0 saturated carbocycles. The van der Waals surface area contributed by atoms with Crippen LogP contribution in [0.25, 0.3) is 0 Å². The highest BCUT2D eigenvalue weighted by Gasteiger charge is 2.39. The van der Waals surface area contributed by atoms with Crippen molar-refractivity contribution in [3.05, 3.63) is 0 Å². The Bertz CT molecular complexity index is 244. The van der Waals surface area contributed by atoms with Crippen molar-refractivity contribution in [1.82, 2.24) is 4.90 Å². The number of hydrogen-bond donors (Lipinski definition) is 2. The number of ether oxygens (including phenoxy) is 1. The number of hydrogen-bond acceptors (Lipinski definition) is 4. The summed E-state index contributed by atoms with van der Waals surface area (Å²) in [4.78, 5) is 13.1.